The highest BCUT2D eigenvalue weighted by Gasteiger charge is 2.34. The minimum Gasteiger partial charge on any atom is -0.468 e. The third-order valence-electron chi connectivity index (χ3n) is 3.29. The molecule has 18 heavy (non-hydrogen) atoms. The van der Waals surface area contributed by atoms with Gasteiger partial charge in [0.15, 0.2) is 0 Å². The van der Waals surface area contributed by atoms with E-state index in [2.05, 4.69) is 4.90 Å². The van der Waals surface area contributed by atoms with Gasteiger partial charge in [-0.3, -0.25) is 9.69 Å². The van der Waals surface area contributed by atoms with E-state index >= 15 is 0 Å². The molecule has 1 unspecified atom stereocenters. The standard InChI is InChI=1S/C13H15Cl2NO2/c1-18-13(17)12-5-7-16(12)6-4-9-2-3-10(14)8-11(9)15/h2-3,8,12H,4-7H2,1H3. The summed E-state index contributed by atoms with van der Waals surface area (Å²) in [6, 6.07) is 5.42. The number of benzene rings is 1. The fourth-order valence-electron chi connectivity index (χ4n) is 2.10. The lowest BCUT2D eigenvalue weighted by Crippen LogP contribution is -2.53. The van der Waals surface area contributed by atoms with Gasteiger partial charge in [0.25, 0.3) is 0 Å². The Hall–Kier alpha value is -0.770. The van der Waals surface area contributed by atoms with Gasteiger partial charge in [-0.1, -0.05) is 29.3 Å². The molecule has 1 aromatic carbocycles. The summed E-state index contributed by atoms with van der Waals surface area (Å²) in [4.78, 5) is 13.5. The van der Waals surface area contributed by atoms with E-state index in [0.29, 0.717) is 10.0 Å². The largest absolute Gasteiger partial charge is 0.468 e. The van der Waals surface area contributed by atoms with Gasteiger partial charge in [-0.15, -0.1) is 0 Å². The molecule has 0 N–H and O–H groups in total. The van der Waals surface area contributed by atoms with Crippen molar-refractivity contribution in [2.45, 2.75) is 18.9 Å². The Bertz CT molecular complexity index is 451. The molecule has 0 spiro atoms. The van der Waals surface area contributed by atoms with Crippen LogP contribution in [0.2, 0.25) is 10.0 Å². The van der Waals surface area contributed by atoms with Crippen molar-refractivity contribution in [1.29, 1.82) is 0 Å². The summed E-state index contributed by atoms with van der Waals surface area (Å²) in [5.41, 5.74) is 1.05. The van der Waals surface area contributed by atoms with Gasteiger partial charge in [0, 0.05) is 23.1 Å². The average molecular weight is 288 g/mol. The first-order valence-corrected chi connectivity index (χ1v) is 6.63. The molecule has 98 valence electrons. The number of hydrogen-bond acceptors (Lipinski definition) is 3. The highest BCUT2D eigenvalue weighted by molar-refractivity contribution is 6.35. The Labute approximate surface area is 117 Å². The number of halogens is 2. The Kier molecular flexibility index (Phi) is 4.49. The van der Waals surface area contributed by atoms with Crippen molar-refractivity contribution >= 4 is 29.2 Å². The summed E-state index contributed by atoms with van der Waals surface area (Å²) in [7, 11) is 1.43. The fourth-order valence-corrected chi connectivity index (χ4v) is 2.60. The smallest absolute Gasteiger partial charge is 0.323 e. The molecule has 0 saturated carbocycles. The van der Waals surface area contributed by atoms with Crippen LogP contribution in [0.4, 0.5) is 0 Å². The second kappa shape index (κ2) is 5.91. The Balaban J connectivity index is 1.90. The van der Waals surface area contributed by atoms with E-state index in [0.717, 1.165) is 31.5 Å². The first-order valence-electron chi connectivity index (χ1n) is 5.87. The van der Waals surface area contributed by atoms with Gasteiger partial charge < -0.3 is 4.74 Å². The van der Waals surface area contributed by atoms with Crippen LogP contribution in [0.5, 0.6) is 0 Å². The van der Waals surface area contributed by atoms with Crippen molar-refractivity contribution in [2.75, 3.05) is 20.2 Å². The van der Waals surface area contributed by atoms with Crippen LogP contribution in [0.3, 0.4) is 0 Å². The van der Waals surface area contributed by atoms with Crippen molar-refractivity contribution < 1.29 is 9.53 Å². The molecule has 0 bridgehead atoms. The second-order valence-electron chi connectivity index (χ2n) is 4.35. The molecule has 0 amide bonds. The molecule has 1 heterocycles. The normalized spacial score (nSPS) is 19.4. The molecule has 1 aromatic rings. The number of likely N-dealkylation sites (tertiary alicyclic amines) is 1. The third-order valence-corrected chi connectivity index (χ3v) is 3.87. The Morgan fingerprint density at radius 1 is 1.50 bits per heavy atom. The Morgan fingerprint density at radius 3 is 2.83 bits per heavy atom. The average Bonchev–Trinajstić information content (AvgIpc) is 2.30. The summed E-state index contributed by atoms with van der Waals surface area (Å²) in [5.74, 6) is -0.150. The quantitative estimate of drug-likeness (QED) is 0.798. The van der Waals surface area contributed by atoms with Gasteiger partial charge in [0.05, 0.1) is 7.11 Å². The molecular weight excluding hydrogens is 273 g/mol. The van der Waals surface area contributed by atoms with Gasteiger partial charge in [0.2, 0.25) is 0 Å². The maximum absolute atomic E-state index is 11.4. The zero-order valence-corrected chi connectivity index (χ0v) is 11.7. The molecule has 0 aliphatic carbocycles. The summed E-state index contributed by atoms with van der Waals surface area (Å²) in [5, 5.41) is 1.32. The third kappa shape index (κ3) is 2.97. The van der Waals surface area contributed by atoms with Crippen LogP contribution >= 0.6 is 23.2 Å². The minimum atomic E-state index is -0.150. The number of rotatable bonds is 4. The zero-order chi connectivity index (χ0) is 13.1. The van der Waals surface area contributed by atoms with Gasteiger partial charge in [-0.25, -0.2) is 0 Å². The number of carbonyl (C=O) groups excluding carboxylic acids is 1. The maximum atomic E-state index is 11.4. The molecule has 5 heteroatoms. The van der Waals surface area contributed by atoms with Crippen molar-refractivity contribution in [3.05, 3.63) is 33.8 Å². The first kappa shape index (κ1) is 13.7. The van der Waals surface area contributed by atoms with Crippen LogP contribution < -0.4 is 0 Å². The van der Waals surface area contributed by atoms with E-state index in [9.17, 15) is 4.79 Å². The first-order chi connectivity index (χ1) is 8.61. The number of ether oxygens (including phenoxy) is 1. The van der Waals surface area contributed by atoms with Crippen LogP contribution in [0.1, 0.15) is 12.0 Å². The van der Waals surface area contributed by atoms with Crippen molar-refractivity contribution in [2.24, 2.45) is 0 Å². The van der Waals surface area contributed by atoms with Crippen LogP contribution in [0.15, 0.2) is 18.2 Å². The van der Waals surface area contributed by atoms with Crippen LogP contribution in [0.25, 0.3) is 0 Å². The maximum Gasteiger partial charge on any atom is 0.323 e. The molecule has 1 aliphatic rings. The minimum absolute atomic E-state index is 0.0823. The molecule has 0 aromatic heterocycles. The molecule has 3 nitrogen and oxygen atoms in total. The number of hydrogen-bond donors (Lipinski definition) is 0. The number of methoxy groups -OCH3 is 1. The van der Waals surface area contributed by atoms with E-state index in [1.165, 1.54) is 7.11 Å². The number of nitrogens with zero attached hydrogens (tertiary/aromatic N) is 1. The van der Waals surface area contributed by atoms with E-state index in [1.807, 2.05) is 12.1 Å². The monoisotopic (exact) mass is 287 g/mol. The van der Waals surface area contributed by atoms with E-state index in [4.69, 9.17) is 27.9 Å². The SMILES string of the molecule is COC(=O)C1CCN1CCc1ccc(Cl)cc1Cl. The molecule has 2 rings (SSSR count). The lowest BCUT2D eigenvalue weighted by Gasteiger charge is -2.38. The second-order valence-corrected chi connectivity index (χ2v) is 5.19. The lowest BCUT2D eigenvalue weighted by molar-refractivity contribution is -0.151. The summed E-state index contributed by atoms with van der Waals surface area (Å²) >= 11 is 12.0. The highest BCUT2D eigenvalue weighted by Crippen LogP contribution is 2.23. The van der Waals surface area contributed by atoms with Crippen molar-refractivity contribution in [3.63, 3.8) is 0 Å². The Morgan fingerprint density at radius 2 is 2.28 bits per heavy atom. The van der Waals surface area contributed by atoms with Crippen molar-refractivity contribution in [1.82, 2.24) is 4.90 Å². The molecule has 1 fully saturated rings. The fraction of sp³-hybridized carbons (Fsp3) is 0.462. The predicted octanol–water partition coefficient (Wildman–Crippen LogP) is 2.78. The van der Waals surface area contributed by atoms with E-state index in [-0.39, 0.29) is 12.0 Å². The van der Waals surface area contributed by atoms with Gasteiger partial charge in [0.1, 0.15) is 6.04 Å². The molecule has 1 saturated heterocycles. The number of carbonyl (C=O) groups is 1. The zero-order valence-electron chi connectivity index (χ0n) is 10.2. The van der Waals surface area contributed by atoms with Crippen LogP contribution in [0, 0.1) is 0 Å². The number of esters is 1. The molecule has 1 aliphatic heterocycles. The van der Waals surface area contributed by atoms with Gasteiger partial charge in [-0.2, -0.15) is 0 Å². The van der Waals surface area contributed by atoms with Crippen LogP contribution in [-0.2, 0) is 16.0 Å². The summed E-state index contributed by atoms with van der Waals surface area (Å²) < 4.78 is 4.75. The van der Waals surface area contributed by atoms with Gasteiger partial charge >= 0.3 is 5.97 Å². The van der Waals surface area contributed by atoms with E-state index in [1.54, 1.807) is 6.07 Å². The molecule has 1 atom stereocenters. The van der Waals surface area contributed by atoms with Crippen molar-refractivity contribution in [3.8, 4) is 0 Å². The molecular formula is C13H15Cl2NO2. The lowest BCUT2D eigenvalue weighted by atomic mass is 10.0. The van der Waals surface area contributed by atoms with E-state index < -0.39 is 0 Å². The summed E-state index contributed by atoms with van der Waals surface area (Å²) in [6.45, 7) is 1.74. The predicted molar refractivity (Wildman–Crippen MR) is 72.2 cm³/mol. The molecule has 0 radical (unpaired) electrons. The summed E-state index contributed by atoms with van der Waals surface area (Å²) in [6.07, 6.45) is 1.69. The van der Waals surface area contributed by atoms with Gasteiger partial charge in [-0.05, 0) is 30.5 Å². The topological polar surface area (TPSA) is 29.5 Å². The highest BCUT2D eigenvalue weighted by atomic mass is 35.5. The van der Waals surface area contributed by atoms with Crippen LogP contribution in [-0.4, -0.2) is 37.1 Å².